The van der Waals surface area contributed by atoms with Gasteiger partial charge in [-0.1, -0.05) is 13.3 Å². The first-order valence-electron chi connectivity index (χ1n) is 7.96. The summed E-state index contributed by atoms with van der Waals surface area (Å²) in [7, 11) is 1.46. The van der Waals surface area contributed by atoms with E-state index in [1.54, 1.807) is 12.1 Å². The molecule has 0 aromatic heterocycles. The molecule has 4 nitrogen and oxygen atoms in total. The first-order chi connectivity index (χ1) is 10.3. The molecule has 0 radical (unpaired) electrons. The number of rotatable bonds is 1. The van der Waals surface area contributed by atoms with Crippen LogP contribution >= 0.6 is 0 Å². The number of hydrogen-bond acceptors (Lipinski definition) is 4. The van der Waals surface area contributed by atoms with Crippen LogP contribution in [0.2, 0.25) is 0 Å². The molecule has 3 rings (SSSR count). The first-order valence-corrected chi connectivity index (χ1v) is 7.96. The second kappa shape index (κ2) is 4.90. The summed E-state index contributed by atoms with van der Waals surface area (Å²) in [6.07, 6.45) is 4.51. The largest absolute Gasteiger partial charge is 0.504 e. The fourth-order valence-corrected chi connectivity index (χ4v) is 4.97. The molecule has 0 heterocycles. The Morgan fingerprint density at radius 3 is 2.59 bits per heavy atom. The molecule has 2 aliphatic carbocycles. The summed E-state index contributed by atoms with van der Waals surface area (Å²) < 4.78 is 5.09. The highest BCUT2D eigenvalue weighted by Gasteiger charge is 2.55. The Kier molecular flexibility index (Phi) is 3.38. The number of aryl methyl sites for hydroxylation is 1. The smallest absolute Gasteiger partial charge is 0.311 e. The summed E-state index contributed by atoms with van der Waals surface area (Å²) in [4.78, 5) is 12.4. The van der Waals surface area contributed by atoms with Gasteiger partial charge in [0.05, 0.1) is 12.5 Å². The molecule has 1 unspecified atom stereocenters. The minimum absolute atomic E-state index is 0.0626. The lowest BCUT2D eigenvalue weighted by Crippen LogP contribution is -2.52. The van der Waals surface area contributed by atoms with E-state index < -0.39 is 5.41 Å². The maximum absolute atomic E-state index is 12.4. The van der Waals surface area contributed by atoms with Crippen molar-refractivity contribution >= 4 is 5.97 Å². The van der Waals surface area contributed by atoms with Gasteiger partial charge in [-0.3, -0.25) is 4.79 Å². The lowest BCUT2D eigenvalue weighted by molar-refractivity contribution is -0.161. The Morgan fingerprint density at radius 2 is 1.91 bits per heavy atom. The van der Waals surface area contributed by atoms with E-state index in [2.05, 4.69) is 6.92 Å². The molecule has 2 N–H and O–H groups in total. The van der Waals surface area contributed by atoms with Crippen molar-refractivity contribution in [1.29, 1.82) is 0 Å². The quantitative estimate of drug-likeness (QED) is 0.617. The summed E-state index contributed by atoms with van der Waals surface area (Å²) in [5, 5.41) is 19.7. The van der Waals surface area contributed by atoms with Gasteiger partial charge in [-0.25, -0.2) is 0 Å². The molecule has 0 aliphatic heterocycles. The average Bonchev–Trinajstić information content (AvgIpc) is 2.48. The van der Waals surface area contributed by atoms with Gasteiger partial charge in [0.15, 0.2) is 11.5 Å². The van der Waals surface area contributed by atoms with Gasteiger partial charge >= 0.3 is 5.97 Å². The summed E-state index contributed by atoms with van der Waals surface area (Å²) >= 11 is 0. The van der Waals surface area contributed by atoms with Crippen LogP contribution in [0, 0.1) is 11.3 Å². The van der Waals surface area contributed by atoms with Gasteiger partial charge in [0, 0.05) is 0 Å². The molecule has 0 saturated heterocycles. The van der Waals surface area contributed by atoms with Crippen LogP contribution in [0.4, 0.5) is 0 Å². The highest BCUT2D eigenvalue weighted by molar-refractivity contribution is 5.77. The van der Waals surface area contributed by atoms with Gasteiger partial charge in [0.25, 0.3) is 0 Å². The summed E-state index contributed by atoms with van der Waals surface area (Å²) in [6, 6.07) is 3.37. The van der Waals surface area contributed by atoms with Crippen LogP contribution < -0.4 is 0 Å². The zero-order valence-electron chi connectivity index (χ0n) is 13.5. The van der Waals surface area contributed by atoms with Gasteiger partial charge in [-0.05, 0) is 67.2 Å². The highest BCUT2D eigenvalue weighted by atomic mass is 16.5. The third-order valence-electron chi connectivity index (χ3n) is 6.10. The van der Waals surface area contributed by atoms with Crippen molar-refractivity contribution in [2.75, 3.05) is 7.11 Å². The number of phenols is 2. The van der Waals surface area contributed by atoms with Crippen LogP contribution in [-0.4, -0.2) is 23.3 Å². The van der Waals surface area contributed by atoms with E-state index in [4.69, 9.17) is 4.74 Å². The van der Waals surface area contributed by atoms with Crippen LogP contribution in [0.5, 0.6) is 11.5 Å². The van der Waals surface area contributed by atoms with E-state index >= 15 is 0 Å². The van der Waals surface area contributed by atoms with Crippen molar-refractivity contribution < 1.29 is 19.7 Å². The molecule has 1 aromatic rings. The van der Waals surface area contributed by atoms with Crippen LogP contribution in [0.3, 0.4) is 0 Å². The second-order valence-corrected chi connectivity index (χ2v) is 7.27. The summed E-state index contributed by atoms with van der Waals surface area (Å²) in [5.41, 5.74) is 1.52. The molecular formula is C18H24O4. The third kappa shape index (κ3) is 1.93. The number of phenolic OH excluding ortho intramolecular Hbond substituents is 2. The number of carbonyl (C=O) groups excluding carboxylic acids is 1. The summed E-state index contributed by atoms with van der Waals surface area (Å²) in [6.45, 7) is 4.21. The molecule has 1 aromatic carbocycles. The van der Waals surface area contributed by atoms with Crippen molar-refractivity contribution in [3.63, 3.8) is 0 Å². The number of methoxy groups -OCH3 is 1. The minimum atomic E-state index is -0.479. The van der Waals surface area contributed by atoms with E-state index in [1.165, 1.54) is 7.11 Å². The SMILES string of the molecule is COC(=O)[C@@]1(C)CCC[C@]2(C)c3cc(O)c(O)cc3CCC12. The van der Waals surface area contributed by atoms with E-state index in [0.29, 0.717) is 0 Å². The van der Waals surface area contributed by atoms with Crippen LogP contribution in [0.25, 0.3) is 0 Å². The molecule has 4 heteroatoms. The van der Waals surface area contributed by atoms with Crippen molar-refractivity contribution in [3.8, 4) is 11.5 Å². The molecule has 1 fully saturated rings. The fraction of sp³-hybridized carbons (Fsp3) is 0.611. The van der Waals surface area contributed by atoms with Crippen molar-refractivity contribution in [2.24, 2.45) is 11.3 Å². The number of benzene rings is 1. The molecule has 22 heavy (non-hydrogen) atoms. The lowest BCUT2D eigenvalue weighted by atomic mass is 9.50. The molecular weight excluding hydrogens is 280 g/mol. The number of aromatic hydroxyl groups is 2. The molecule has 1 saturated carbocycles. The lowest BCUT2D eigenvalue weighted by Gasteiger charge is -2.54. The number of ether oxygens (including phenoxy) is 1. The molecule has 0 bridgehead atoms. The number of carbonyl (C=O) groups is 1. The Morgan fingerprint density at radius 1 is 1.23 bits per heavy atom. The Hall–Kier alpha value is -1.71. The van der Waals surface area contributed by atoms with E-state index in [9.17, 15) is 15.0 Å². The average molecular weight is 304 g/mol. The van der Waals surface area contributed by atoms with Gasteiger partial charge in [0.2, 0.25) is 0 Å². The minimum Gasteiger partial charge on any atom is -0.504 e. The number of hydrogen-bond donors (Lipinski definition) is 2. The molecule has 0 amide bonds. The third-order valence-corrected chi connectivity index (χ3v) is 6.10. The standard InChI is InChI=1S/C18H24O4/c1-17-7-4-8-18(2,16(21)22-3)15(17)6-5-11-9-13(19)14(20)10-12(11)17/h9-10,15,19-20H,4-8H2,1-3H3/t15?,17-,18+/m1/s1. The van der Waals surface area contributed by atoms with E-state index in [0.717, 1.165) is 43.2 Å². The molecule has 0 spiro atoms. The number of esters is 1. The van der Waals surface area contributed by atoms with Gasteiger partial charge in [0.1, 0.15) is 0 Å². The Bertz CT molecular complexity index is 624. The van der Waals surface area contributed by atoms with Crippen molar-refractivity contribution in [3.05, 3.63) is 23.3 Å². The van der Waals surface area contributed by atoms with Crippen LogP contribution in [-0.2, 0) is 21.4 Å². The maximum atomic E-state index is 12.4. The normalized spacial score (nSPS) is 33.7. The fourth-order valence-electron chi connectivity index (χ4n) is 4.97. The molecule has 120 valence electrons. The number of fused-ring (bicyclic) bond motifs is 3. The maximum Gasteiger partial charge on any atom is 0.311 e. The van der Waals surface area contributed by atoms with Gasteiger partial charge in [-0.2, -0.15) is 0 Å². The van der Waals surface area contributed by atoms with E-state index in [-0.39, 0.29) is 28.8 Å². The monoisotopic (exact) mass is 304 g/mol. The topological polar surface area (TPSA) is 66.8 Å². The molecule has 2 aliphatic rings. The van der Waals surface area contributed by atoms with Crippen molar-refractivity contribution in [2.45, 2.75) is 51.4 Å². The van der Waals surface area contributed by atoms with Crippen LogP contribution in [0.1, 0.15) is 50.7 Å². The molecule has 3 atom stereocenters. The zero-order valence-corrected chi connectivity index (χ0v) is 13.5. The van der Waals surface area contributed by atoms with Gasteiger partial charge < -0.3 is 14.9 Å². The predicted octanol–water partition coefficient (Wildman–Crippen LogP) is 3.28. The van der Waals surface area contributed by atoms with E-state index in [1.807, 2.05) is 6.92 Å². The van der Waals surface area contributed by atoms with Gasteiger partial charge in [-0.15, -0.1) is 0 Å². The first kappa shape index (κ1) is 15.2. The Balaban J connectivity index is 2.12. The zero-order chi connectivity index (χ0) is 16.1. The van der Waals surface area contributed by atoms with Crippen molar-refractivity contribution in [1.82, 2.24) is 0 Å². The van der Waals surface area contributed by atoms with Crippen LogP contribution in [0.15, 0.2) is 12.1 Å². The Labute approximate surface area is 131 Å². The second-order valence-electron chi connectivity index (χ2n) is 7.27. The summed E-state index contributed by atoms with van der Waals surface area (Å²) in [5.74, 6) is -0.0779. The predicted molar refractivity (Wildman–Crippen MR) is 82.9 cm³/mol. The highest BCUT2D eigenvalue weighted by Crippen LogP contribution is 2.58.